The minimum absolute atomic E-state index is 0.0914. The maximum atomic E-state index is 15.4. The third-order valence-corrected chi connectivity index (χ3v) is 7.07. The summed E-state index contributed by atoms with van der Waals surface area (Å²) in [6.45, 7) is 5.62. The normalized spacial score (nSPS) is 19.6. The fraction of sp³-hybridized carbons (Fsp3) is 0.462. The van der Waals surface area contributed by atoms with E-state index < -0.39 is 12.4 Å². The summed E-state index contributed by atoms with van der Waals surface area (Å²) >= 11 is 0. The number of fused-ring (bicyclic) bond motifs is 1. The lowest BCUT2D eigenvalue weighted by Crippen LogP contribution is -2.40. The molecule has 1 saturated carbocycles. The van der Waals surface area contributed by atoms with Gasteiger partial charge in [0.05, 0.1) is 23.3 Å². The van der Waals surface area contributed by atoms with Crippen molar-refractivity contribution < 1.29 is 23.8 Å². The van der Waals surface area contributed by atoms with Crippen molar-refractivity contribution in [1.29, 1.82) is 0 Å². The number of aliphatic hydroxyl groups is 1. The average Bonchev–Trinajstić information content (AvgIpc) is 3.52. The largest absolute Gasteiger partial charge is 0.492 e. The maximum absolute atomic E-state index is 15.4. The van der Waals surface area contributed by atoms with Gasteiger partial charge in [0, 0.05) is 24.3 Å². The second-order valence-corrected chi connectivity index (χ2v) is 9.85. The lowest BCUT2D eigenvalue weighted by atomic mass is 10.0. The van der Waals surface area contributed by atoms with Crippen molar-refractivity contribution in [2.75, 3.05) is 19.8 Å². The van der Waals surface area contributed by atoms with E-state index in [4.69, 9.17) is 4.74 Å². The van der Waals surface area contributed by atoms with Gasteiger partial charge in [-0.05, 0) is 57.6 Å². The number of hydrogen-bond donors (Lipinski definition) is 3. The fourth-order valence-electron chi connectivity index (χ4n) is 4.92. The highest BCUT2D eigenvalue weighted by molar-refractivity contribution is 6.09. The molecule has 2 atom stereocenters. The molecule has 190 valence electrons. The molecule has 1 aliphatic carbocycles. The molecular formula is C26H30FN5O4. The number of aryl methyl sites for hydroxylation is 2. The number of likely N-dealkylation sites (tertiary alicyclic amines) is 1. The lowest BCUT2D eigenvalue weighted by molar-refractivity contribution is -0.134. The monoisotopic (exact) mass is 495 g/mol. The zero-order chi connectivity index (χ0) is 25.6. The zero-order valence-corrected chi connectivity index (χ0v) is 20.6. The molecule has 2 fully saturated rings. The SMILES string of the molecule is Cc1ccc(OCC2CC2)c(-c2ncnc3c(C(=O)N[C@@H]4C[C@@H](C)N(C(=O)CO)C4)c(C)[nH]c23)c1F. The molecule has 2 aromatic heterocycles. The standard InChI is InChI=1S/C26H30FN5O4/c1-13-4-7-18(36-11-16-5-6-16)21(22(13)27)24-25-23(28-12-29-24)20(15(3)30-25)26(35)31-17-8-14(2)32(9-17)19(34)10-33/h4,7,12,14,16-17,30,33H,5-6,8-11H2,1-3H3,(H,31,35)/t14-,17-/m1/s1. The Balaban J connectivity index is 1.48. The van der Waals surface area contributed by atoms with Crippen LogP contribution in [0.4, 0.5) is 4.39 Å². The van der Waals surface area contributed by atoms with Crippen LogP contribution in [0.25, 0.3) is 22.3 Å². The molecule has 9 nitrogen and oxygen atoms in total. The molecule has 0 bridgehead atoms. The highest BCUT2D eigenvalue weighted by Gasteiger charge is 2.34. The molecule has 1 aromatic carbocycles. The van der Waals surface area contributed by atoms with Crippen LogP contribution in [0.15, 0.2) is 18.5 Å². The van der Waals surface area contributed by atoms with E-state index in [9.17, 15) is 14.7 Å². The van der Waals surface area contributed by atoms with E-state index in [-0.39, 0.29) is 29.5 Å². The van der Waals surface area contributed by atoms with Crippen LogP contribution >= 0.6 is 0 Å². The van der Waals surface area contributed by atoms with Gasteiger partial charge in [-0.15, -0.1) is 0 Å². The smallest absolute Gasteiger partial charge is 0.255 e. The molecule has 2 amide bonds. The number of amides is 2. The third-order valence-electron chi connectivity index (χ3n) is 7.07. The zero-order valence-electron chi connectivity index (χ0n) is 20.6. The Hall–Kier alpha value is -3.53. The lowest BCUT2D eigenvalue weighted by Gasteiger charge is -2.19. The molecule has 10 heteroatoms. The number of nitrogens with zero attached hydrogens (tertiary/aromatic N) is 3. The Kier molecular flexibility index (Phi) is 6.38. The van der Waals surface area contributed by atoms with E-state index in [1.54, 1.807) is 30.9 Å². The summed E-state index contributed by atoms with van der Waals surface area (Å²) in [6, 6.07) is 3.09. The Morgan fingerprint density at radius 1 is 1.28 bits per heavy atom. The van der Waals surface area contributed by atoms with Crippen LogP contribution in [0.3, 0.4) is 0 Å². The first kappa shape index (κ1) is 24.2. The number of ether oxygens (including phenoxy) is 1. The van der Waals surface area contributed by atoms with E-state index in [0.29, 0.717) is 64.8 Å². The molecule has 1 aliphatic heterocycles. The number of aromatic amines is 1. The molecule has 3 heterocycles. The molecule has 0 spiro atoms. The van der Waals surface area contributed by atoms with Gasteiger partial charge in [-0.3, -0.25) is 9.59 Å². The van der Waals surface area contributed by atoms with Crippen molar-refractivity contribution in [3.05, 3.63) is 41.1 Å². The van der Waals surface area contributed by atoms with Gasteiger partial charge in [0.1, 0.15) is 35.7 Å². The van der Waals surface area contributed by atoms with E-state index in [1.807, 2.05) is 6.92 Å². The van der Waals surface area contributed by atoms with E-state index in [1.165, 1.54) is 6.33 Å². The summed E-state index contributed by atoms with van der Waals surface area (Å²) in [5, 5.41) is 12.2. The predicted octanol–water partition coefficient (Wildman–Crippen LogP) is 2.88. The molecule has 1 saturated heterocycles. The summed E-state index contributed by atoms with van der Waals surface area (Å²) in [5.74, 6) is -0.210. The molecule has 3 N–H and O–H groups in total. The summed E-state index contributed by atoms with van der Waals surface area (Å²) in [4.78, 5) is 38.8. The molecule has 3 aromatic rings. The van der Waals surface area contributed by atoms with Crippen molar-refractivity contribution in [1.82, 2.24) is 25.2 Å². The van der Waals surface area contributed by atoms with Crippen LogP contribution in [0.1, 0.15) is 47.8 Å². The first-order chi connectivity index (χ1) is 17.3. The first-order valence-electron chi connectivity index (χ1n) is 12.2. The van der Waals surface area contributed by atoms with Crippen molar-refractivity contribution in [3.8, 4) is 17.0 Å². The molecule has 36 heavy (non-hydrogen) atoms. The first-order valence-corrected chi connectivity index (χ1v) is 12.2. The van der Waals surface area contributed by atoms with Gasteiger partial charge in [-0.2, -0.15) is 0 Å². The Bertz CT molecular complexity index is 1340. The quantitative estimate of drug-likeness (QED) is 0.464. The summed E-state index contributed by atoms with van der Waals surface area (Å²) in [7, 11) is 0. The van der Waals surface area contributed by atoms with Gasteiger partial charge in [0.2, 0.25) is 5.91 Å². The van der Waals surface area contributed by atoms with Gasteiger partial charge in [-0.1, -0.05) is 6.07 Å². The fourth-order valence-corrected chi connectivity index (χ4v) is 4.92. The topological polar surface area (TPSA) is 120 Å². The number of rotatable bonds is 7. The van der Waals surface area contributed by atoms with Crippen LogP contribution in [0, 0.1) is 25.6 Å². The predicted molar refractivity (Wildman–Crippen MR) is 131 cm³/mol. The van der Waals surface area contributed by atoms with E-state index in [0.717, 1.165) is 12.8 Å². The number of carbonyl (C=O) groups is 2. The molecular weight excluding hydrogens is 465 g/mol. The average molecular weight is 496 g/mol. The highest BCUT2D eigenvalue weighted by atomic mass is 19.1. The van der Waals surface area contributed by atoms with E-state index in [2.05, 4.69) is 20.3 Å². The number of carbonyl (C=O) groups excluding carboxylic acids is 2. The second-order valence-electron chi connectivity index (χ2n) is 9.85. The van der Waals surface area contributed by atoms with Crippen molar-refractivity contribution in [2.45, 2.75) is 52.1 Å². The van der Waals surface area contributed by atoms with Gasteiger partial charge in [0.25, 0.3) is 5.91 Å². The number of nitrogens with one attached hydrogen (secondary N) is 2. The minimum Gasteiger partial charge on any atom is -0.492 e. The molecule has 2 aliphatic rings. The summed E-state index contributed by atoms with van der Waals surface area (Å²) in [6.07, 6.45) is 4.13. The van der Waals surface area contributed by atoms with Crippen molar-refractivity contribution in [3.63, 3.8) is 0 Å². The number of benzene rings is 1. The van der Waals surface area contributed by atoms with Crippen molar-refractivity contribution >= 4 is 22.8 Å². The number of aliphatic hydroxyl groups excluding tert-OH is 1. The number of H-pyrrole nitrogens is 1. The Morgan fingerprint density at radius 2 is 2.06 bits per heavy atom. The van der Waals surface area contributed by atoms with E-state index >= 15 is 4.39 Å². The number of hydrogen-bond acceptors (Lipinski definition) is 6. The number of halogens is 1. The highest BCUT2D eigenvalue weighted by Crippen LogP contribution is 2.39. The Labute approximate surface area is 208 Å². The van der Waals surface area contributed by atoms with Crippen LogP contribution in [0.2, 0.25) is 0 Å². The van der Waals surface area contributed by atoms with Crippen LogP contribution in [-0.2, 0) is 4.79 Å². The van der Waals surface area contributed by atoms with Crippen LogP contribution in [0.5, 0.6) is 5.75 Å². The van der Waals surface area contributed by atoms with Crippen LogP contribution in [-0.4, -0.2) is 68.6 Å². The van der Waals surface area contributed by atoms with Crippen LogP contribution < -0.4 is 10.1 Å². The van der Waals surface area contributed by atoms with Gasteiger partial charge in [-0.25, -0.2) is 14.4 Å². The Morgan fingerprint density at radius 3 is 2.78 bits per heavy atom. The molecule has 5 rings (SSSR count). The molecule has 0 unspecified atom stereocenters. The summed E-state index contributed by atoms with van der Waals surface area (Å²) < 4.78 is 21.4. The van der Waals surface area contributed by atoms with Gasteiger partial charge in [0.15, 0.2) is 0 Å². The maximum Gasteiger partial charge on any atom is 0.255 e. The molecule has 0 radical (unpaired) electrons. The van der Waals surface area contributed by atoms with Crippen molar-refractivity contribution in [2.24, 2.45) is 5.92 Å². The number of aromatic nitrogens is 3. The second kappa shape index (κ2) is 9.50. The van der Waals surface area contributed by atoms with Gasteiger partial charge >= 0.3 is 0 Å². The third kappa shape index (κ3) is 4.41. The summed E-state index contributed by atoms with van der Waals surface area (Å²) in [5.41, 5.74) is 2.82. The van der Waals surface area contributed by atoms with Gasteiger partial charge < -0.3 is 25.0 Å². The minimum atomic E-state index is -0.561.